The van der Waals surface area contributed by atoms with E-state index < -0.39 is 0 Å². The van der Waals surface area contributed by atoms with Crippen molar-refractivity contribution in [3.8, 4) is 11.5 Å². The summed E-state index contributed by atoms with van der Waals surface area (Å²) in [6.07, 6.45) is 6.96. The maximum Gasteiger partial charge on any atom is 0.161 e. The lowest BCUT2D eigenvalue weighted by Gasteiger charge is -2.28. The first-order valence-electron chi connectivity index (χ1n) is 8.27. The lowest BCUT2D eigenvalue weighted by Crippen LogP contribution is -2.34. The van der Waals surface area contributed by atoms with Crippen molar-refractivity contribution in [2.45, 2.75) is 58.5 Å². The molecule has 2 rings (SSSR count). The van der Waals surface area contributed by atoms with Gasteiger partial charge in [0.15, 0.2) is 11.5 Å². The van der Waals surface area contributed by atoms with Gasteiger partial charge >= 0.3 is 0 Å². The molecular weight excluding hydrogens is 262 g/mol. The Bertz CT molecular complexity index is 427. The molecule has 0 bridgehead atoms. The molecule has 1 aliphatic carbocycles. The molecule has 1 aromatic rings. The molecule has 0 aliphatic heterocycles. The Morgan fingerprint density at radius 3 is 2.62 bits per heavy atom. The standard InChI is InChI=1S/C18H29NO2/c1-4-21-18-12-15(10-11-17(18)20-3)13-19-14(2)16-8-6-5-7-9-16/h10-12,14,16,19H,4-9,13H2,1-3H3/t14-/m0/s1. The van der Waals surface area contributed by atoms with Gasteiger partial charge < -0.3 is 14.8 Å². The summed E-state index contributed by atoms with van der Waals surface area (Å²) < 4.78 is 11.0. The van der Waals surface area contributed by atoms with Gasteiger partial charge in [0.05, 0.1) is 13.7 Å². The first-order valence-corrected chi connectivity index (χ1v) is 8.27. The van der Waals surface area contributed by atoms with E-state index in [1.807, 2.05) is 13.0 Å². The van der Waals surface area contributed by atoms with Crippen LogP contribution in [0.25, 0.3) is 0 Å². The number of hydrogen-bond donors (Lipinski definition) is 1. The Morgan fingerprint density at radius 2 is 1.95 bits per heavy atom. The normalized spacial score (nSPS) is 17.5. The Balaban J connectivity index is 1.91. The molecule has 0 spiro atoms. The average molecular weight is 291 g/mol. The average Bonchev–Trinajstić information content (AvgIpc) is 2.54. The SMILES string of the molecule is CCOc1cc(CN[C@@H](C)C2CCCCC2)ccc1OC. The van der Waals surface area contributed by atoms with Crippen LogP contribution in [0, 0.1) is 5.92 Å². The van der Waals surface area contributed by atoms with Crippen LogP contribution in [0.3, 0.4) is 0 Å². The van der Waals surface area contributed by atoms with Crippen LogP contribution >= 0.6 is 0 Å². The predicted molar refractivity (Wildman–Crippen MR) is 87.0 cm³/mol. The van der Waals surface area contributed by atoms with Crippen molar-refractivity contribution in [2.75, 3.05) is 13.7 Å². The van der Waals surface area contributed by atoms with Gasteiger partial charge in [-0.1, -0.05) is 25.3 Å². The zero-order chi connectivity index (χ0) is 15.1. The monoisotopic (exact) mass is 291 g/mol. The number of hydrogen-bond acceptors (Lipinski definition) is 3. The van der Waals surface area contributed by atoms with Crippen LogP contribution in [0.1, 0.15) is 51.5 Å². The highest BCUT2D eigenvalue weighted by Gasteiger charge is 2.19. The van der Waals surface area contributed by atoms with Crippen molar-refractivity contribution in [3.63, 3.8) is 0 Å². The predicted octanol–water partition coefficient (Wildman–Crippen LogP) is 4.15. The lowest BCUT2D eigenvalue weighted by molar-refractivity contribution is 0.280. The fourth-order valence-corrected chi connectivity index (χ4v) is 3.18. The van der Waals surface area contributed by atoms with Crippen molar-refractivity contribution < 1.29 is 9.47 Å². The number of nitrogens with one attached hydrogen (secondary N) is 1. The molecule has 1 saturated carbocycles. The minimum atomic E-state index is 0.586. The zero-order valence-corrected chi connectivity index (χ0v) is 13.7. The maximum atomic E-state index is 5.64. The van der Waals surface area contributed by atoms with E-state index in [4.69, 9.17) is 9.47 Å². The minimum Gasteiger partial charge on any atom is -0.493 e. The van der Waals surface area contributed by atoms with Crippen LogP contribution in [-0.4, -0.2) is 19.8 Å². The fourth-order valence-electron chi connectivity index (χ4n) is 3.18. The van der Waals surface area contributed by atoms with Crippen LogP contribution in [0.4, 0.5) is 0 Å². The molecule has 0 heterocycles. The number of rotatable bonds is 7. The van der Waals surface area contributed by atoms with Gasteiger partial charge in [0.25, 0.3) is 0 Å². The highest BCUT2D eigenvalue weighted by molar-refractivity contribution is 5.42. The van der Waals surface area contributed by atoms with Crippen molar-refractivity contribution in [1.82, 2.24) is 5.32 Å². The van der Waals surface area contributed by atoms with Crippen molar-refractivity contribution in [1.29, 1.82) is 0 Å². The summed E-state index contributed by atoms with van der Waals surface area (Å²) in [7, 11) is 1.68. The summed E-state index contributed by atoms with van der Waals surface area (Å²) in [4.78, 5) is 0. The fraction of sp³-hybridized carbons (Fsp3) is 0.667. The van der Waals surface area contributed by atoms with Crippen LogP contribution in [-0.2, 0) is 6.54 Å². The Labute approximate surface area is 129 Å². The summed E-state index contributed by atoms with van der Waals surface area (Å²) in [5, 5.41) is 3.68. The molecule has 0 amide bonds. The number of methoxy groups -OCH3 is 1. The summed E-state index contributed by atoms with van der Waals surface area (Å²) >= 11 is 0. The van der Waals surface area contributed by atoms with Gasteiger partial charge in [0.1, 0.15) is 0 Å². The molecule has 1 aromatic carbocycles. The molecule has 0 saturated heterocycles. The maximum absolute atomic E-state index is 5.64. The highest BCUT2D eigenvalue weighted by Crippen LogP contribution is 2.29. The molecule has 118 valence electrons. The van der Waals surface area contributed by atoms with Crippen LogP contribution in [0.5, 0.6) is 11.5 Å². The molecular formula is C18H29NO2. The van der Waals surface area contributed by atoms with E-state index in [1.165, 1.54) is 37.7 Å². The molecule has 21 heavy (non-hydrogen) atoms. The molecule has 1 N–H and O–H groups in total. The van der Waals surface area contributed by atoms with Crippen LogP contribution in [0.2, 0.25) is 0 Å². The van der Waals surface area contributed by atoms with Crippen LogP contribution in [0.15, 0.2) is 18.2 Å². The molecule has 3 nitrogen and oxygen atoms in total. The molecule has 1 atom stereocenters. The Hall–Kier alpha value is -1.22. The van der Waals surface area contributed by atoms with E-state index in [2.05, 4.69) is 24.4 Å². The van der Waals surface area contributed by atoms with Gasteiger partial charge in [-0.3, -0.25) is 0 Å². The highest BCUT2D eigenvalue weighted by atomic mass is 16.5. The van der Waals surface area contributed by atoms with Gasteiger partial charge in [0.2, 0.25) is 0 Å². The zero-order valence-electron chi connectivity index (χ0n) is 13.7. The first kappa shape index (κ1) is 16.2. The van der Waals surface area contributed by atoms with Gasteiger partial charge in [-0.2, -0.15) is 0 Å². The Morgan fingerprint density at radius 1 is 1.19 bits per heavy atom. The molecule has 1 aliphatic rings. The van der Waals surface area contributed by atoms with Crippen molar-refractivity contribution in [3.05, 3.63) is 23.8 Å². The van der Waals surface area contributed by atoms with Gasteiger partial charge in [-0.05, 0) is 50.3 Å². The van der Waals surface area contributed by atoms with E-state index >= 15 is 0 Å². The van der Waals surface area contributed by atoms with Gasteiger partial charge in [0, 0.05) is 12.6 Å². The Kier molecular flexibility index (Phi) is 6.37. The number of benzene rings is 1. The second kappa shape index (κ2) is 8.28. The van der Waals surface area contributed by atoms with Crippen molar-refractivity contribution >= 4 is 0 Å². The van der Waals surface area contributed by atoms with Crippen LogP contribution < -0.4 is 14.8 Å². The quantitative estimate of drug-likeness (QED) is 0.818. The largest absolute Gasteiger partial charge is 0.493 e. The molecule has 0 unspecified atom stereocenters. The minimum absolute atomic E-state index is 0.586. The summed E-state index contributed by atoms with van der Waals surface area (Å²) in [5.41, 5.74) is 1.25. The lowest BCUT2D eigenvalue weighted by atomic mass is 9.84. The number of ether oxygens (including phenoxy) is 2. The second-order valence-electron chi connectivity index (χ2n) is 5.99. The van der Waals surface area contributed by atoms with E-state index in [-0.39, 0.29) is 0 Å². The van der Waals surface area contributed by atoms with E-state index in [9.17, 15) is 0 Å². The molecule has 0 radical (unpaired) electrons. The molecule has 3 heteroatoms. The van der Waals surface area contributed by atoms with Gasteiger partial charge in [-0.15, -0.1) is 0 Å². The van der Waals surface area contributed by atoms with Gasteiger partial charge in [-0.25, -0.2) is 0 Å². The first-order chi connectivity index (χ1) is 10.2. The summed E-state index contributed by atoms with van der Waals surface area (Å²) in [6, 6.07) is 6.78. The smallest absolute Gasteiger partial charge is 0.161 e. The third kappa shape index (κ3) is 4.63. The van der Waals surface area contributed by atoms with E-state index in [0.29, 0.717) is 12.6 Å². The summed E-state index contributed by atoms with van der Waals surface area (Å²) in [6.45, 7) is 5.87. The third-order valence-electron chi connectivity index (χ3n) is 4.51. The topological polar surface area (TPSA) is 30.5 Å². The third-order valence-corrected chi connectivity index (χ3v) is 4.51. The van der Waals surface area contributed by atoms with E-state index in [1.54, 1.807) is 7.11 Å². The molecule has 1 fully saturated rings. The second-order valence-corrected chi connectivity index (χ2v) is 5.99. The molecule has 0 aromatic heterocycles. The van der Waals surface area contributed by atoms with E-state index in [0.717, 1.165) is 24.0 Å². The van der Waals surface area contributed by atoms with Crippen molar-refractivity contribution in [2.24, 2.45) is 5.92 Å². The summed E-state index contributed by atoms with van der Waals surface area (Å²) in [5.74, 6) is 2.48.